The highest BCUT2D eigenvalue weighted by Crippen LogP contribution is 2.42. The average molecular weight is 241 g/mol. The molecule has 0 rings (SSSR count). The summed E-state index contributed by atoms with van der Waals surface area (Å²) in [5.41, 5.74) is 4.12. The van der Waals surface area contributed by atoms with Gasteiger partial charge in [-0.3, -0.25) is 0 Å². The molecular weight excluding hydrogens is 212 g/mol. The van der Waals surface area contributed by atoms with Crippen LogP contribution in [0.2, 0.25) is 43.3 Å². The van der Waals surface area contributed by atoms with E-state index < -0.39 is 16.1 Å². The van der Waals surface area contributed by atoms with Gasteiger partial charge in [-0.25, -0.2) is 0 Å². The first-order valence-electron chi connectivity index (χ1n) is 5.90. The van der Waals surface area contributed by atoms with Gasteiger partial charge in [0.25, 0.3) is 0 Å². The van der Waals surface area contributed by atoms with Crippen molar-refractivity contribution in [3.8, 4) is 11.5 Å². The Balaban J connectivity index is 4.86. The molecule has 0 nitrogen and oxygen atoms in total. The summed E-state index contributed by atoms with van der Waals surface area (Å²) in [4.78, 5) is 0. The maximum absolute atomic E-state index is 3.54. The van der Waals surface area contributed by atoms with Crippen LogP contribution >= 0.6 is 0 Å². The fourth-order valence-electron chi connectivity index (χ4n) is 1.15. The number of hydrogen-bond acceptors (Lipinski definition) is 0. The van der Waals surface area contributed by atoms with Crippen LogP contribution in [-0.4, -0.2) is 16.1 Å². The van der Waals surface area contributed by atoms with E-state index in [9.17, 15) is 0 Å². The summed E-state index contributed by atoms with van der Waals surface area (Å²) < 4.78 is 0. The van der Waals surface area contributed by atoms with E-state index in [1.54, 1.807) is 0 Å². The minimum absolute atomic E-state index is 0.445. The third-order valence-corrected chi connectivity index (χ3v) is 10.7. The third-order valence-electron chi connectivity index (χ3n) is 3.68. The van der Waals surface area contributed by atoms with Crippen molar-refractivity contribution in [1.82, 2.24) is 0 Å². The molecule has 0 aliphatic heterocycles. The van der Waals surface area contributed by atoms with E-state index in [0.29, 0.717) is 10.6 Å². The van der Waals surface area contributed by atoms with Gasteiger partial charge in [-0.1, -0.05) is 60.4 Å². The monoisotopic (exact) mass is 240 g/mol. The lowest BCUT2D eigenvalue weighted by atomic mass is 10.2. The molecule has 0 aliphatic carbocycles. The van der Waals surface area contributed by atoms with Gasteiger partial charge in [0.15, 0.2) is 0 Å². The SMILES string of the molecule is CC(C#C[Si](C)(C)C)[Si](C)(C)C(C)(C)C. The van der Waals surface area contributed by atoms with Gasteiger partial charge in [-0.05, 0) is 5.04 Å². The first kappa shape index (κ1) is 15.0. The third kappa shape index (κ3) is 4.57. The highest BCUT2D eigenvalue weighted by atomic mass is 28.3. The second kappa shape index (κ2) is 4.47. The van der Waals surface area contributed by atoms with Crippen molar-refractivity contribution >= 4 is 16.1 Å². The zero-order chi connectivity index (χ0) is 12.5. The van der Waals surface area contributed by atoms with Gasteiger partial charge in [-0.2, -0.15) is 0 Å². The van der Waals surface area contributed by atoms with Crippen molar-refractivity contribution in [2.75, 3.05) is 0 Å². The maximum atomic E-state index is 3.54. The van der Waals surface area contributed by atoms with Crippen LogP contribution in [0.3, 0.4) is 0 Å². The average Bonchev–Trinajstić information content (AvgIpc) is 1.96. The van der Waals surface area contributed by atoms with Gasteiger partial charge in [-0.15, -0.1) is 11.5 Å². The van der Waals surface area contributed by atoms with Gasteiger partial charge < -0.3 is 0 Å². The molecule has 1 unspecified atom stereocenters. The molecule has 0 spiro atoms. The minimum atomic E-state index is -1.26. The smallest absolute Gasteiger partial charge is 0.129 e. The second-order valence-electron chi connectivity index (χ2n) is 7.21. The van der Waals surface area contributed by atoms with Crippen LogP contribution in [0.4, 0.5) is 0 Å². The summed E-state index contributed by atoms with van der Waals surface area (Å²) in [6, 6.07) is 0. The van der Waals surface area contributed by atoms with Crippen molar-refractivity contribution in [2.24, 2.45) is 0 Å². The van der Waals surface area contributed by atoms with Gasteiger partial charge in [0.1, 0.15) is 8.07 Å². The highest BCUT2D eigenvalue weighted by molar-refractivity contribution is 6.85. The van der Waals surface area contributed by atoms with Gasteiger partial charge in [0, 0.05) is 5.54 Å². The molecule has 0 bridgehead atoms. The second-order valence-corrected chi connectivity index (χ2v) is 17.8. The fourth-order valence-corrected chi connectivity index (χ4v) is 3.68. The van der Waals surface area contributed by atoms with Crippen molar-refractivity contribution in [3.05, 3.63) is 0 Å². The topological polar surface area (TPSA) is 0 Å². The largest absolute Gasteiger partial charge is 0.132 e. The zero-order valence-electron chi connectivity index (χ0n) is 12.1. The standard InChI is InChI=1S/C13H28Si2/c1-12(10-11-14(5,6)7)15(8,9)13(2,3)4/h12H,1-9H3. The summed E-state index contributed by atoms with van der Waals surface area (Å²) in [6.07, 6.45) is 0. The Morgan fingerprint density at radius 3 is 1.60 bits per heavy atom. The fraction of sp³-hybridized carbons (Fsp3) is 0.846. The molecule has 2 heteroatoms. The molecule has 88 valence electrons. The van der Waals surface area contributed by atoms with Gasteiger partial charge >= 0.3 is 0 Å². The van der Waals surface area contributed by atoms with Crippen molar-refractivity contribution in [2.45, 2.75) is 71.0 Å². The van der Waals surface area contributed by atoms with Crippen LogP contribution in [0.25, 0.3) is 0 Å². The Morgan fingerprint density at radius 1 is 0.933 bits per heavy atom. The van der Waals surface area contributed by atoms with Gasteiger partial charge in [0.05, 0.1) is 8.07 Å². The summed E-state index contributed by atoms with van der Waals surface area (Å²) in [6.45, 7) is 21.3. The molecule has 0 fully saturated rings. The molecule has 0 aromatic heterocycles. The molecule has 1 atom stereocenters. The van der Waals surface area contributed by atoms with E-state index >= 15 is 0 Å². The summed E-state index contributed by atoms with van der Waals surface area (Å²) in [5, 5.41) is 0.445. The lowest BCUT2D eigenvalue weighted by Crippen LogP contribution is -2.40. The predicted molar refractivity (Wildman–Crippen MR) is 77.7 cm³/mol. The summed E-state index contributed by atoms with van der Waals surface area (Å²) in [5.74, 6) is 3.54. The van der Waals surface area contributed by atoms with Crippen LogP contribution in [-0.2, 0) is 0 Å². The molecule has 0 aromatic carbocycles. The van der Waals surface area contributed by atoms with E-state index in [2.05, 4.69) is 71.9 Å². The van der Waals surface area contributed by atoms with Crippen molar-refractivity contribution in [3.63, 3.8) is 0 Å². The molecule has 0 saturated heterocycles. The Kier molecular flexibility index (Phi) is 4.47. The normalized spacial score (nSPS) is 15.5. The summed E-state index contributed by atoms with van der Waals surface area (Å²) >= 11 is 0. The summed E-state index contributed by atoms with van der Waals surface area (Å²) in [7, 11) is -2.46. The predicted octanol–water partition coefficient (Wildman–Crippen LogP) is 4.77. The zero-order valence-corrected chi connectivity index (χ0v) is 14.1. The molecule has 0 saturated carbocycles. The molecule has 0 heterocycles. The van der Waals surface area contributed by atoms with Crippen LogP contribution in [0, 0.1) is 11.5 Å². The van der Waals surface area contributed by atoms with Crippen molar-refractivity contribution in [1.29, 1.82) is 0 Å². The maximum Gasteiger partial charge on any atom is 0.129 e. The van der Waals surface area contributed by atoms with Crippen LogP contribution in [0.1, 0.15) is 27.7 Å². The molecule has 15 heavy (non-hydrogen) atoms. The molecule has 0 N–H and O–H groups in total. The molecule has 0 aromatic rings. The first-order chi connectivity index (χ1) is 6.38. The molecule has 0 radical (unpaired) electrons. The number of hydrogen-bond donors (Lipinski definition) is 0. The van der Waals surface area contributed by atoms with Crippen LogP contribution in [0.15, 0.2) is 0 Å². The Hall–Kier alpha value is -0.00623. The van der Waals surface area contributed by atoms with E-state index in [0.717, 1.165) is 0 Å². The lowest BCUT2D eigenvalue weighted by Gasteiger charge is -2.39. The van der Waals surface area contributed by atoms with Crippen molar-refractivity contribution < 1.29 is 0 Å². The van der Waals surface area contributed by atoms with Gasteiger partial charge in [0.2, 0.25) is 0 Å². The number of rotatable bonds is 1. The highest BCUT2D eigenvalue weighted by Gasteiger charge is 2.39. The Labute approximate surface area is 98.9 Å². The molecule has 0 amide bonds. The van der Waals surface area contributed by atoms with E-state index in [1.807, 2.05) is 0 Å². The molecular formula is C13H28Si2. The minimum Gasteiger partial charge on any atom is -0.132 e. The lowest BCUT2D eigenvalue weighted by molar-refractivity contribution is 0.707. The van der Waals surface area contributed by atoms with E-state index in [1.165, 1.54) is 0 Å². The molecule has 0 aliphatic rings. The van der Waals surface area contributed by atoms with Crippen LogP contribution < -0.4 is 0 Å². The van der Waals surface area contributed by atoms with Crippen LogP contribution in [0.5, 0.6) is 0 Å². The Bertz CT molecular complexity index is 266. The van der Waals surface area contributed by atoms with E-state index in [-0.39, 0.29) is 0 Å². The quantitative estimate of drug-likeness (QED) is 0.458. The first-order valence-corrected chi connectivity index (χ1v) is 12.5. The Morgan fingerprint density at radius 2 is 1.33 bits per heavy atom. The van der Waals surface area contributed by atoms with E-state index in [4.69, 9.17) is 0 Å².